The first-order chi connectivity index (χ1) is 6.91. The van der Waals surface area contributed by atoms with Crippen molar-refractivity contribution in [3.8, 4) is 0 Å². The molecule has 0 aliphatic rings. The largest absolute Gasteiger partial charge is 0.381 e. The van der Waals surface area contributed by atoms with Crippen molar-refractivity contribution in [2.45, 2.75) is 58.8 Å². The summed E-state index contributed by atoms with van der Waals surface area (Å²) in [5.41, 5.74) is 0. The van der Waals surface area contributed by atoms with Crippen LogP contribution in [-0.2, 0) is 4.74 Å². The van der Waals surface area contributed by atoms with Crippen LogP contribution in [0.4, 0.5) is 0 Å². The van der Waals surface area contributed by atoms with Gasteiger partial charge in [-0.2, -0.15) is 0 Å². The van der Waals surface area contributed by atoms with Crippen molar-refractivity contribution in [1.82, 2.24) is 0 Å². The van der Waals surface area contributed by atoms with Crippen LogP contribution in [0, 0.1) is 0 Å². The molecule has 0 aromatic heterocycles. The summed E-state index contributed by atoms with van der Waals surface area (Å²) in [5, 5.41) is 0. The quantitative estimate of drug-likeness (QED) is 0.375. The molecule has 14 heavy (non-hydrogen) atoms. The number of ether oxygens (including phenoxy) is 1. The van der Waals surface area contributed by atoms with E-state index in [9.17, 15) is 0 Å². The zero-order valence-corrected chi connectivity index (χ0v) is 9.93. The van der Waals surface area contributed by atoms with Gasteiger partial charge in [0.25, 0.3) is 0 Å². The molecule has 0 unspecified atom stereocenters. The number of rotatable bonds is 10. The molecule has 0 spiro atoms. The molecule has 0 saturated carbocycles. The van der Waals surface area contributed by atoms with Gasteiger partial charge in [0.1, 0.15) is 0 Å². The summed E-state index contributed by atoms with van der Waals surface area (Å²) >= 11 is 0. The van der Waals surface area contributed by atoms with Crippen LogP contribution in [0.5, 0.6) is 0 Å². The Bertz CT molecular complexity index is 118. The molecule has 0 aliphatic carbocycles. The standard InChI is InChI=1S/C13H26O/c1-3-5-6-7-8-9-10-11-13-14-12-4-2/h3,5H,4,6-13H2,1-2H3. The van der Waals surface area contributed by atoms with Crippen molar-refractivity contribution in [1.29, 1.82) is 0 Å². The van der Waals surface area contributed by atoms with E-state index in [4.69, 9.17) is 4.74 Å². The van der Waals surface area contributed by atoms with Gasteiger partial charge in [-0.25, -0.2) is 0 Å². The molecular formula is C13H26O. The molecule has 0 atom stereocenters. The summed E-state index contributed by atoms with van der Waals surface area (Å²) in [6, 6.07) is 0. The van der Waals surface area contributed by atoms with E-state index in [1.165, 1.54) is 38.5 Å². The Labute approximate surface area is 89.5 Å². The molecule has 0 bridgehead atoms. The first kappa shape index (κ1) is 13.7. The van der Waals surface area contributed by atoms with Gasteiger partial charge in [-0.15, -0.1) is 0 Å². The molecule has 0 fully saturated rings. The second kappa shape index (κ2) is 12.7. The highest BCUT2D eigenvalue weighted by atomic mass is 16.5. The monoisotopic (exact) mass is 198 g/mol. The Balaban J connectivity index is 2.85. The molecule has 0 aromatic rings. The molecule has 0 aliphatic heterocycles. The van der Waals surface area contributed by atoms with Gasteiger partial charge in [-0.3, -0.25) is 0 Å². The summed E-state index contributed by atoms with van der Waals surface area (Å²) in [5.74, 6) is 0. The second-order valence-corrected chi connectivity index (χ2v) is 3.74. The van der Waals surface area contributed by atoms with Crippen molar-refractivity contribution in [3.05, 3.63) is 12.2 Å². The third-order valence-corrected chi connectivity index (χ3v) is 2.24. The molecular weight excluding hydrogens is 172 g/mol. The van der Waals surface area contributed by atoms with E-state index in [0.717, 1.165) is 19.6 Å². The van der Waals surface area contributed by atoms with Crippen molar-refractivity contribution in [3.63, 3.8) is 0 Å². The van der Waals surface area contributed by atoms with E-state index in [-0.39, 0.29) is 0 Å². The third-order valence-electron chi connectivity index (χ3n) is 2.24. The van der Waals surface area contributed by atoms with Gasteiger partial charge in [-0.1, -0.05) is 38.3 Å². The fourth-order valence-corrected chi connectivity index (χ4v) is 1.41. The maximum Gasteiger partial charge on any atom is 0.0466 e. The minimum Gasteiger partial charge on any atom is -0.381 e. The van der Waals surface area contributed by atoms with Gasteiger partial charge in [0.2, 0.25) is 0 Å². The molecule has 1 nitrogen and oxygen atoms in total. The average Bonchev–Trinajstić information content (AvgIpc) is 2.21. The number of allylic oxidation sites excluding steroid dienone is 2. The lowest BCUT2D eigenvalue weighted by Gasteiger charge is -2.02. The Morgan fingerprint density at radius 2 is 1.64 bits per heavy atom. The van der Waals surface area contributed by atoms with Crippen LogP contribution >= 0.6 is 0 Å². The van der Waals surface area contributed by atoms with Crippen LogP contribution in [0.3, 0.4) is 0 Å². The first-order valence-electron chi connectivity index (χ1n) is 6.10. The summed E-state index contributed by atoms with van der Waals surface area (Å²) < 4.78 is 5.42. The molecule has 0 amide bonds. The Kier molecular flexibility index (Phi) is 12.4. The lowest BCUT2D eigenvalue weighted by atomic mass is 10.1. The normalized spacial score (nSPS) is 11.3. The predicted octanol–water partition coefficient (Wildman–Crippen LogP) is 4.33. The lowest BCUT2D eigenvalue weighted by molar-refractivity contribution is 0.130. The van der Waals surface area contributed by atoms with Gasteiger partial charge >= 0.3 is 0 Å². The van der Waals surface area contributed by atoms with Crippen molar-refractivity contribution < 1.29 is 4.74 Å². The molecule has 0 heterocycles. The Morgan fingerprint density at radius 3 is 2.36 bits per heavy atom. The number of hydrogen-bond acceptors (Lipinski definition) is 1. The highest BCUT2D eigenvalue weighted by Gasteiger charge is 1.90. The lowest BCUT2D eigenvalue weighted by Crippen LogP contribution is -1.95. The maximum absolute atomic E-state index is 5.42. The molecule has 0 rings (SSSR count). The van der Waals surface area contributed by atoms with Crippen LogP contribution in [0.2, 0.25) is 0 Å². The predicted molar refractivity (Wildman–Crippen MR) is 63.6 cm³/mol. The topological polar surface area (TPSA) is 9.23 Å². The summed E-state index contributed by atoms with van der Waals surface area (Å²) in [6.07, 6.45) is 13.4. The van der Waals surface area contributed by atoms with Gasteiger partial charge in [0, 0.05) is 13.2 Å². The smallest absolute Gasteiger partial charge is 0.0466 e. The zero-order valence-electron chi connectivity index (χ0n) is 9.93. The second-order valence-electron chi connectivity index (χ2n) is 3.74. The Morgan fingerprint density at radius 1 is 0.929 bits per heavy atom. The van der Waals surface area contributed by atoms with E-state index >= 15 is 0 Å². The zero-order chi connectivity index (χ0) is 10.5. The number of unbranched alkanes of at least 4 members (excludes halogenated alkanes) is 5. The average molecular weight is 198 g/mol. The van der Waals surface area contributed by atoms with Gasteiger partial charge in [0.15, 0.2) is 0 Å². The molecule has 0 saturated heterocycles. The SMILES string of the molecule is CC=CCCCCCCCOCCC. The summed E-state index contributed by atoms with van der Waals surface area (Å²) in [4.78, 5) is 0. The Hall–Kier alpha value is -0.300. The van der Waals surface area contributed by atoms with Crippen LogP contribution in [0.1, 0.15) is 58.8 Å². The van der Waals surface area contributed by atoms with Crippen molar-refractivity contribution in [2.24, 2.45) is 0 Å². The van der Waals surface area contributed by atoms with Crippen LogP contribution in [-0.4, -0.2) is 13.2 Å². The van der Waals surface area contributed by atoms with Crippen molar-refractivity contribution >= 4 is 0 Å². The molecule has 0 N–H and O–H groups in total. The van der Waals surface area contributed by atoms with E-state index in [1.807, 2.05) is 0 Å². The van der Waals surface area contributed by atoms with Gasteiger partial charge in [0.05, 0.1) is 0 Å². The summed E-state index contributed by atoms with van der Waals surface area (Å²) in [7, 11) is 0. The highest BCUT2D eigenvalue weighted by molar-refractivity contribution is 4.76. The molecule has 0 radical (unpaired) electrons. The molecule has 0 aromatic carbocycles. The van der Waals surface area contributed by atoms with E-state index in [1.54, 1.807) is 0 Å². The minimum absolute atomic E-state index is 0.932. The van der Waals surface area contributed by atoms with Crippen LogP contribution in [0.25, 0.3) is 0 Å². The van der Waals surface area contributed by atoms with E-state index in [2.05, 4.69) is 26.0 Å². The van der Waals surface area contributed by atoms with E-state index in [0.29, 0.717) is 0 Å². The van der Waals surface area contributed by atoms with Gasteiger partial charge < -0.3 is 4.74 Å². The van der Waals surface area contributed by atoms with Gasteiger partial charge in [-0.05, 0) is 32.6 Å². The minimum atomic E-state index is 0.932. The first-order valence-corrected chi connectivity index (χ1v) is 6.10. The molecule has 1 heteroatoms. The van der Waals surface area contributed by atoms with Crippen LogP contribution < -0.4 is 0 Å². The third kappa shape index (κ3) is 11.7. The fourth-order valence-electron chi connectivity index (χ4n) is 1.41. The highest BCUT2D eigenvalue weighted by Crippen LogP contribution is 2.05. The number of hydrogen-bond donors (Lipinski definition) is 0. The molecule has 84 valence electrons. The fraction of sp³-hybridized carbons (Fsp3) is 0.846. The van der Waals surface area contributed by atoms with Crippen LogP contribution in [0.15, 0.2) is 12.2 Å². The maximum atomic E-state index is 5.42. The van der Waals surface area contributed by atoms with E-state index < -0.39 is 0 Å². The summed E-state index contributed by atoms with van der Waals surface area (Å²) in [6.45, 7) is 6.14. The van der Waals surface area contributed by atoms with Crippen molar-refractivity contribution in [2.75, 3.05) is 13.2 Å².